The van der Waals surface area contributed by atoms with E-state index in [1.165, 1.54) is 11.3 Å². The summed E-state index contributed by atoms with van der Waals surface area (Å²) in [5.74, 6) is 0.892. The van der Waals surface area contributed by atoms with Gasteiger partial charge in [0.05, 0.1) is 18.3 Å². The van der Waals surface area contributed by atoms with Crippen LogP contribution in [-0.2, 0) is 13.0 Å². The van der Waals surface area contributed by atoms with Gasteiger partial charge < -0.3 is 19.9 Å². The lowest BCUT2D eigenvalue weighted by atomic mass is 10.0. The van der Waals surface area contributed by atoms with Crippen LogP contribution in [0.25, 0.3) is 10.9 Å². The molecule has 172 valence electrons. The van der Waals surface area contributed by atoms with Crippen molar-refractivity contribution in [1.29, 1.82) is 0 Å². The summed E-state index contributed by atoms with van der Waals surface area (Å²) in [6.45, 7) is 5.89. The van der Waals surface area contributed by atoms with Crippen LogP contribution in [0.2, 0.25) is 0 Å². The number of hydrogen-bond acceptors (Lipinski definition) is 5. The molecule has 0 saturated carbocycles. The molecule has 6 nitrogen and oxygen atoms in total. The maximum Gasteiger partial charge on any atom is 0.253 e. The molecule has 3 heterocycles. The van der Waals surface area contributed by atoms with Crippen molar-refractivity contribution in [2.75, 3.05) is 50.1 Å². The third-order valence-corrected chi connectivity index (χ3v) is 6.30. The van der Waals surface area contributed by atoms with Crippen LogP contribution in [0, 0.1) is 0 Å². The van der Waals surface area contributed by atoms with Gasteiger partial charge in [0.15, 0.2) is 0 Å². The molecule has 2 aliphatic heterocycles. The molecule has 0 bridgehead atoms. The first kappa shape index (κ1) is 24.2. The molecule has 2 aromatic carbocycles. The summed E-state index contributed by atoms with van der Waals surface area (Å²) in [4.78, 5) is 20.5. The summed E-state index contributed by atoms with van der Waals surface area (Å²) in [7, 11) is 1.70. The van der Waals surface area contributed by atoms with Crippen molar-refractivity contribution in [1.82, 2.24) is 9.88 Å². The van der Waals surface area contributed by atoms with E-state index in [1.54, 1.807) is 7.11 Å². The van der Waals surface area contributed by atoms with Crippen LogP contribution < -0.4 is 20.5 Å². The summed E-state index contributed by atoms with van der Waals surface area (Å²) in [6, 6.07) is 14.8. The number of aromatic amines is 1. The summed E-state index contributed by atoms with van der Waals surface area (Å²) in [6.07, 6.45) is 1.87. The van der Waals surface area contributed by atoms with Crippen LogP contribution in [0.15, 0.2) is 47.3 Å². The van der Waals surface area contributed by atoms with Crippen molar-refractivity contribution < 1.29 is 4.74 Å². The number of rotatable bonds is 4. The molecule has 1 saturated heterocycles. The van der Waals surface area contributed by atoms with Crippen LogP contribution in [-0.4, -0.2) is 49.7 Å². The van der Waals surface area contributed by atoms with Crippen molar-refractivity contribution in [2.45, 2.75) is 19.4 Å². The number of fused-ring (bicyclic) bond motifs is 3. The van der Waals surface area contributed by atoms with Crippen LogP contribution >= 0.6 is 24.8 Å². The zero-order valence-electron chi connectivity index (χ0n) is 18.2. The average Bonchev–Trinajstić information content (AvgIpc) is 2.80. The zero-order valence-corrected chi connectivity index (χ0v) is 19.9. The van der Waals surface area contributed by atoms with Crippen molar-refractivity contribution in [3.8, 4) is 5.75 Å². The molecular formula is C24H30Cl2N4O2. The minimum atomic E-state index is 0. The molecule has 1 fully saturated rings. The van der Waals surface area contributed by atoms with Gasteiger partial charge in [0.25, 0.3) is 5.56 Å². The molecule has 32 heavy (non-hydrogen) atoms. The Balaban J connectivity index is 0.00000144. The zero-order chi connectivity index (χ0) is 20.5. The quantitative estimate of drug-likeness (QED) is 0.594. The molecule has 8 heteroatoms. The Morgan fingerprint density at radius 1 is 1.00 bits per heavy atom. The Hall–Kier alpha value is -2.41. The van der Waals surface area contributed by atoms with E-state index in [0.29, 0.717) is 0 Å². The van der Waals surface area contributed by atoms with Gasteiger partial charge in [-0.05, 0) is 48.7 Å². The highest BCUT2D eigenvalue weighted by Gasteiger charge is 2.19. The second-order valence-electron chi connectivity index (χ2n) is 8.18. The fourth-order valence-electron chi connectivity index (χ4n) is 4.62. The van der Waals surface area contributed by atoms with Crippen molar-refractivity contribution in [3.63, 3.8) is 0 Å². The Morgan fingerprint density at radius 2 is 1.75 bits per heavy atom. The molecule has 1 aromatic heterocycles. The predicted octanol–water partition coefficient (Wildman–Crippen LogP) is 4.06. The van der Waals surface area contributed by atoms with E-state index < -0.39 is 0 Å². The summed E-state index contributed by atoms with van der Waals surface area (Å²) in [5.41, 5.74) is 5.40. The Bertz CT molecular complexity index is 1110. The number of nitrogens with one attached hydrogen (secondary N) is 2. The maximum atomic E-state index is 12.5. The molecule has 0 unspecified atom stereocenters. The highest BCUT2D eigenvalue weighted by molar-refractivity contribution is 5.93. The van der Waals surface area contributed by atoms with E-state index in [4.69, 9.17) is 4.74 Å². The first-order valence-electron chi connectivity index (χ1n) is 10.7. The van der Waals surface area contributed by atoms with Gasteiger partial charge in [0.2, 0.25) is 0 Å². The topological polar surface area (TPSA) is 60.6 Å². The summed E-state index contributed by atoms with van der Waals surface area (Å²) >= 11 is 0. The number of aromatic nitrogens is 1. The van der Waals surface area contributed by atoms with Gasteiger partial charge in [-0.15, -0.1) is 24.8 Å². The van der Waals surface area contributed by atoms with Crippen LogP contribution in [0.1, 0.15) is 17.5 Å². The van der Waals surface area contributed by atoms with Gasteiger partial charge in [0.1, 0.15) is 5.75 Å². The van der Waals surface area contributed by atoms with Gasteiger partial charge >= 0.3 is 0 Å². The predicted molar refractivity (Wildman–Crippen MR) is 136 cm³/mol. The van der Waals surface area contributed by atoms with Gasteiger partial charge in [-0.2, -0.15) is 0 Å². The third-order valence-electron chi connectivity index (χ3n) is 6.30. The number of benzene rings is 2. The fourth-order valence-corrected chi connectivity index (χ4v) is 4.62. The largest absolute Gasteiger partial charge is 0.497 e. The van der Waals surface area contributed by atoms with Crippen LogP contribution in [0.5, 0.6) is 5.75 Å². The minimum Gasteiger partial charge on any atom is -0.497 e. The minimum absolute atomic E-state index is 0. The Labute approximate surface area is 200 Å². The van der Waals surface area contributed by atoms with E-state index in [-0.39, 0.29) is 30.4 Å². The van der Waals surface area contributed by atoms with E-state index in [1.807, 2.05) is 12.1 Å². The van der Waals surface area contributed by atoms with Crippen molar-refractivity contribution in [2.24, 2.45) is 0 Å². The molecule has 0 spiro atoms. The molecular weight excluding hydrogens is 447 g/mol. The van der Waals surface area contributed by atoms with Gasteiger partial charge in [-0.3, -0.25) is 9.69 Å². The molecule has 2 aliphatic rings. The monoisotopic (exact) mass is 476 g/mol. The molecule has 5 rings (SSSR count). The number of nitrogens with zero attached hydrogens (tertiary/aromatic N) is 2. The normalized spacial score (nSPS) is 15.8. The molecule has 0 amide bonds. The molecule has 0 radical (unpaired) electrons. The first-order chi connectivity index (χ1) is 14.7. The molecule has 3 aromatic rings. The second kappa shape index (κ2) is 10.5. The lowest BCUT2D eigenvalue weighted by Crippen LogP contribution is -2.45. The lowest BCUT2D eigenvalue weighted by Gasteiger charge is -2.36. The number of ether oxygens (including phenoxy) is 1. The highest BCUT2D eigenvalue weighted by Crippen LogP contribution is 2.28. The number of anilines is 2. The standard InChI is InChI=1S/C24H28N4O2.2ClH/c1-30-19-7-5-18(6-8-19)28-13-11-27(12-14-28)16-17-4-9-20-22(15-17)26-24(29)21-3-2-10-25-23(20)21;;/h4-9,15,25H,2-3,10-14,16H2,1H3,(H,26,29);2*1H. The number of hydrogen-bond donors (Lipinski definition) is 2. The number of H-pyrrole nitrogens is 1. The van der Waals surface area contributed by atoms with Crippen LogP contribution in [0.3, 0.4) is 0 Å². The van der Waals surface area contributed by atoms with Gasteiger partial charge in [-0.1, -0.05) is 12.1 Å². The SMILES string of the molecule is COc1ccc(N2CCN(Cc3ccc4c5c(c(=O)[nH]c4c3)CCCN5)CC2)cc1.Cl.Cl. The lowest BCUT2D eigenvalue weighted by molar-refractivity contribution is 0.250. The van der Waals surface area contributed by atoms with Gasteiger partial charge in [-0.25, -0.2) is 0 Å². The van der Waals surface area contributed by atoms with Gasteiger partial charge in [0, 0.05) is 55.9 Å². The summed E-state index contributed by atoms with van der Waals surface area (Å²) in [5, 5.41) is 4.55. The summed E-state index contributed by atoms with van der Waals surface area (Å²) < 4.78 is 5.26. The third kappa shape index (κ3) is 4.82. The highest BCUT2D eigenvalue weighted by atomic mass is 35.5. The molecule has 0 aliphatic carbocycles. The van der Waals surface area contributed by atoms with E-state index in [9.17, 15) is 4.79 Å². The smallest absolute Gasteiger partial charge is 0.253 e. The van der Waals surface area contributed by atoms with E-state index in [0.717, 1.165) is 80.0 Å². The number of piperazine rings is 1. The second-order valence-corrected chi connectivity index (χ2v) is 8.18. The maximum absolute atomic E-state index is 12.5. The number of pyridine rings is 1. The van der Waals surface area contributed by atoms with Crippen molar-refractivity contribution in [3.05, 3.63) is 63.9 Å². The van der Waals surface area contributed by atoms with Crippen molar-refractivity contribution >= 4 is 47.1 Å². The Morgan fingerprint density at radius 3 is 2.47 bits per heavy atom. The van der Waals surface area contributed by atoms with E-state index in [2.05, 4.69) is 50.4 Å². The number of halogens is 2. The number of methoxy groups -OCH3 is 1. The first-order valence-corrected chi connectivity index (χ1v) is 10.7. The van der Waals surface area contributed by atoms with E-state index >= 15 is 0 Å². The average molecular weight is 477 g/mol. The molecule has 0 atom stereocenters. The molecule has 2 N–H and O–H groups in total. The fraction of sp³-hybridized carbons (Fsp3) is 0.375. The van der Waals surface area contributed by atoms with Crippen LogP contribution in [0.4, 0.5) is 11.4 Å². The Kier molecular flexibility index (Phi) is 7.93.